The number of alkyl halides is 1. The quantitative estimate of drug-likeness (QED) is 0.807. The fourth-order valence-corrected chi connectivity index (χ4v) is 2.78. The summed E-state index contributed by atoms with van der Waals surface area (Å²) >= 11 is 5.76. The third-order valence-electron chi connectivity index (χ3n) is 3.59. The molecule has 0 N–H and O–H groups in total. The lowest BCUT2D eigenvalue weighted by Gasteiger charge is -2.37. The van der Waals surface area contributed by atoms with E-state index in [0.717, 1.165) is 17.0 Å². The highest BCUT2D eigenvalue weighted by molar-refractivity contribution is 6.19. The van der Waals surface area contributed by atoms with E-state index in [2.05, 4.69) is 0 Å². The van der Waals surface area contributed by atoms with Gasteiger partial charge in [-0.05, 0) is 17.7 Å². The van der Waals surface area contributed by atoms with Crippen molar-refractivity contribution in [2.45, 2.75) is 12.5 Å². The van der Waals surface area contributed by atoms with Crippen molar-refractivity contribution >= 4 is 23.2 Å². The highest BCUT2D eigenvalue weighted by Gasteiger charge is 2.32. The van der Waals surface area contributed by atoms with E-state index >= 15 is 0 Å². The first-order valence-corrected chi connectivity index (χ1v) is 7.49. The van der Waals surface area contributed by atoms with Gasteiger partial charge in [-0.2, -0.15) is 0 Å². The van der Waals surface area contributed by atoms with Crippen molar-refractivity contribution < 1.29 is 9.53 Å². The van der Waals surface area contributed by atoms with E-state index in [4.69, 9.17) is 16.3 Å². The molecule has 0 radical (unpaired) electrons. The molecular weight excluding hydrogens is 286 g/mol. The molecule has 0 unspecified atom stereocenters. The lowest BCUT2D eigenvalue weighted by molar-refractivity contribution is -0.119. The summed E-state index contributed by atoms with van der Waals surface area (Å²) in [7, 11) is 0. The smallest absolute Gasteiger partial charge is 0.228 e. The predicted molar refractivity (Wildman–Crippen MR) is 83.9 cm³/mol. The summed E-state index contributed by atoms with van der Waals surface area (Å²) in [5.74, 6) is 1.09. The molecular formula is C17H16ClNO2. The minimum absolute atomic E-state index is 0.0228. The standard InChI is InChI=1S/C17H16ClNO2/c18-11-10-17(20)19-14-8-4-5-9-16(14)21-12-15(19)13-6-2-1-3-7-13/h1-9,15H,10-12H2/t15-/m1/s1. The van der Waals surface area contributed by atoms with Gasteiger partial charge in [-0.25, -0.2) is 0 Å². The highest BCUT2D eigenvalue weighted by Crippen LogP contribution is 2.39. The Morgan fingerprint density at radius 2 is 1.86 bits per heavy atom. The first-order chi connectivity index (χ1) is 10.3. The van der Waals surface area contributed by atoms with E-state index in [1.54, 1.807) is 0 Å². The van der Waals surface area contributed by atoms with E-state index in [1.807, 2.05) is 59.5 Å². The molecule has 0 aromatic heterocycles. The predicted octanol–water partition coefficient (Wildman–Crippen LogP) is 3.78. The van der Waals surface area contributed by atoms with Crippen LogP contribution in [0.2, 0.25) is 0 Å². The average Bonchev–Trinajstić information content (AvgIpc) is 2.54. The van der Waals surface area contributed by atoms with Gasteiger partial charge >= 0.3 is 0 Å². The van der Waals surface area contributed by atoms with Gasteiger partial charge in [-0.1, -0.05) is 42.5 Å². The topological polar surface area (TPSA) is 29.5 Å². The Balaban J connectivity index is 2.03. The molecule has 0 bridgehead atoms. The van der Waals surface area contributed by atoms with Crippen molar-refractivity contribution in [3.63, 3.8) is 0 Å². The molecule has 1 aliphatic rings. The van der Waals surface area contributed by atoms with Gasteiger partial charge in [-0.3, -0.25) is 9.69 Å². The average molecular weight is 302 g/mol. The van der Waals surface area contributed by atoms with E-state index in [1.165, 1.54) is 0 Å². The zero-order chi connectivity index (χ0) is 14.7. The van der Waals surface area contributed by atoms with Crippen LogP contribution in [0.4, 0.5) is 5.69 Å². The maximum atomic E-state index is 12.5. The van der Waals surface area contributed by atoms with Crippen LogP contribution in [0.15, 0.2) is 54.6 Å². The number of benzene rings is 2. The molecule has 0 spiro atoms. The molecule has 2 aromatic rings. The molecule has 0 saturated carbocycles. The summed E-state index contributed by atoms with van der Waals surface area (Å²) in [6.45, 7) is 0.453. The van der Waals surface area contributed by atoms with Crippen molar-refractivity contribution in [3.8, 4) is 5.75 Å². The molecule has 0 saturated heterocycles. The minimum atomic E-state index is -0.114. The monoisotopic (exact) mass is 301 g/mol. The maximum Gasteiger partial charge on any atom is 0.228 e. The second-order valence-corrected chi connectivity index (χ2v) is 5.29. The summed E-state index contributed by atoms with van der Waals surface area (Å²) in [5.41, 5.74) is 1.88. The molecule has 1 aliphatic heterocycles. The second-order valence-electron chi connectivity index (χ2n) is 4.91. The van der Waals surface area contributed by atoms with E-state index in [9.17, 15) is 4.79 Å². The summed E-state index contributed by atoms with van der Waals surface area (Å²) in [6, 6.07) is 17.4. The van der Waals surface area contributed by atoms with Crippen molar-refractivity contribution in [2.75, 3.05) is 17.4 Å². The van der Waals surface area contributed by atoms with Crippen molar-refractivity contribution in [2.24, 2.45) is 0 Å². The normalized spacial score (nSPS) is 17.0. The molecule has 2 aromatic carbocycles. The number of halogens is 1. The molecule has 21 heavy (non-hydrogen) atoms. The van der Waals surface area contributed by atoms with Gasteiger partial charge < -0.3 is 4.74 Å². The van der Waals surface area contributed by atoms with Crippen molar-refractivity contribution in [3.05, 3.63) is 60.2 Å². The number of rotatable bonds is 3. The number of nitrogens with zero attached hydrogens (tertiary/aromatic N) is 1. The fraction of sp³-hybridized carbons (Fsp3) is 0.235. The summed E-state index contributed by atoms with van der Waals surface area (Å²) in [4.78, 5) is 14.3. The fourth-order valence-electron chi connectivity index (χ4n) is 2.62. The molecule has 3 rings (SSSR count). The third-order valence-corrected chi connectivity index (χ3v) is 3.78. The van der Waals surface area contributed by atoms with Gasteiger partial charge in [0, 0.05) is 12.3 Å². The number of fused-ring (bicyclic) bond motifs is 1. The first kappa shape index (κ1) is 14.0. The van der Waals surface area contributed by atoms with Crippen LogP contribution >= 0.6 is 11.6 Å². The Morgan fingerprint density at radius 3 is 2.62 bits per heavy atom. The van der Waals surface area contributed by atoms with Crippen molar-refractivity contribution in [1.29, 1.82) is 0 Å². The number of anilines is 1. The zero-order valence-corrected chi connectivity index (χ0v) is 12.3. The lowest BCUT2D eigenvalue weighted by Crippen LogP contribution is -2.41. The Kier molecular flexibility index (Phi) is 4.11. The number of hydrogen-bond acceptors (Lipinski definition) is 2. The number of ether oxygens (including phenoxy) is 1. The molecule has 1 atom stereocenters. The SMILES string of the molecule is O=C(CCCl)N1c2ccccc2OC[C@@H]1c1ccccc1. The summed E-state index contributed by atoms with van der Waals surface area (Å²) < 4.78 is 5.82. The third kappa shape index (κ3) is 2.74. The number of para-hydroxylation sites is 2. The molecule has 1 heterocycles. The first-order valence-electron chi connectivity index (χ1n) is 6.96. The second kappa shape index (κ2) is 6.19. The van der Waals surface area contributed by atoms with E-state index < -0.39 is 0 Å². The molecule has 108 valence electrons. The van der Waals surface area contributed by atoms with Crippen LogP contribution in [0.1, 0.15) is 18.0 Å². The minimum Gasteiger partial charge on any atom is -0.489 e. The molecule has 4 heteroatoms. The van der Waals surface area contributed by atoms with Gasteiger partial charge in [0.05, 0.1) is 11.7 Å². The molecule has 3 nitrogen and oxygen atoms in total. The van der Waals surface area contributed by atoms with Crippen LogP contribution in [0, 0.1) is 0 Å². The maximum absolute atomic E-state index is 12.5. The van der Waals surface area contributed by atoms with Crippen molar-refractivity contribution in [1.82, 2.24) is 0 Å². The van der Waals surface area contributed by atoms with Gasteiger partial charge in [0.25, 0.3) is 0 Å². The Hall–Kier alpha value is -2.00. The summed E-state index contributed by atoms with van der Waals surface area (Å²) in [5, 5.41) is 0. The summed E-state index contributed by atoms with van der Waals surface area (Å²) in [6.07, 6.45) is 0.319. The number of hydrogen-bond donors (Lipinski definition) is 0. The van der Waals surface area contributed by atoms with Gasteiger partial charge in [0.2, 0.25) is 5.91 Å². The van der Waals surface area contributed by atoms with Gasteiger partial charge in [0.15, 0.2) is 0 Å². The lowest BCUT2D eigenvalue weighted by atomic mass is 10.0. The van der Waals surface area contributed by atoms with E-state index in [-0.39, 0.29) is 11.9 Å². The van der Waals surface area contributed by atoms with Crippen LogP contribution in [0.5, 0.6) is 5.75 Å². The molecule has 0 fully saturated rings. The Morgan fingerprint density at radius 1 is 1.14 bits per heavy atom. The number of carbonyl (C=O) groups excluding carboxylic acids is 1. The van der Waals surface area contributed by atoms with Gasteiger partial charge in [-0.15, -0.1) is 11.6 Å². The zero-order valence-electron chi connectivity index (χ0n) is 11.5. The van der Waals surface area contributed by atoms with Crippen LogP contribution in [-0.2, 0) is 4.79 Å². The number of amides is 1. The van der Waals surface area contributed by atoms with Crippen LogP contribution in [0.25, 0.3) is 0 Å². The Bertz CT molecular complexity index is 630. The molecule has 1 amide bonds. The van der Waals surface area contributed by atoms with Crippen LogP contribution in [0.3, 0.4) is 0 Å². The largest absolute Gasteiger partial charge is 0.489 e. The Labute approximate surface area is 129 Å². The van der Waals surface area contributed by atoms with Gasteiger partial charge in [0.1, 0.15) is 12.4 Å². The van der Waals surface area contributed by atoms with Crippen LogP contribution in [-0.4, -0.2) is 18.4 Å². The molecule has 0 aliphatic carbocycles. The number of carbonyl (C=O) groups is 1. The van der Waals surface area contributed by atoms with E-state index in [0.29, 0.717) is 18.9 Å². The van der Waals surface area contributed by atoms with Crippen LogP contribution < -0.4 is 9.64 Å². The highest BCUT2D eigenvalue weighted by atomic mass is 35.5.